The van der Waals surface area contributed by atoms with E-state index in [4.69, 9.17) is 23.2 Å². The third kappa shape index (κ3) is 2.71. The number of fused-ring (bicyclic) bond motifs is 1. The van der Waals surface area contributed by atoms with E-state index in [0.717, 1.165) is 0 Å². The lowest BCUT2D eigenvalue weighted by Crippen LogP contribution is -2.21. The molecule has 6 heteroatoms. The fourth-order valence-corrected chi connectivity index (χ4v) is 2.41. The van der Waals surface area contributed by atoms with E-state index in [1.807, 2.05) is 6.07 Å². The number of pyridine rings is 1. The SMILES string of the molecule is O=C(Nc1ccc(Cl)c(Cl)c1)c1c[nH]c2ccccc2c1=O. The Morgan fingerprint density at radius 1 is 1.05 bits per heavy atom. The second-order valence-corrected chi connectivity index (χ2v) is 5.47. The first-order chi connectivity index (χ1) is 10.6. The molecule has 0 spiro atoms. The summed E-state index contributed by atoms with van der Waals surface area (Å²) in [6.45, 7) is 0. The van der Waals surface area contributed by atoms with Crippen LogP contribution in [0.5, 0.6) is 0 Å². The fourth-order valence-electron chi connectivity index (χ4n) is 2.11. The van der Waals surface area contributed by atoms with Crippen molar-refractivity contribution in [2.24, 2.45) is 0 Å². The van der Waals surface area contributed by atoms with Gasteiger partial charge in [-0.05, 0) is 30.3 Å². The summed E-state index contributed by atoms with van der Waals surface area (Å²) in [5.74, 6) is -0.509. The van der Waals surface area contributed by atoms with Gasteiger partial charge >= 0.3 is 0 Å². The smallest absolute Gasteiger partial charge is 0.261 e. The molecular formula is C16H10Cl2N2O2. The standard InChI is InChI=1S/C16H10Cl2N2O2/c17-12-6-5-9(7-13(12)18)20-16(22)11-8-19-14-4-2-1-3-10(14)15(11)21/h1-8H,(H,19,21)(H,20,22). The van der Waals surface area contributed by atoms with Crippen LogP contribution in [0.3, 0.4) is 0 Å². The van der Waals surface area contributed by atoms with E-state index in [2.05, 4.69) is 10.3 Å². The summed E-state index contributed by atoms with van der Waals surface area (Å²) < 4.78 is 0. The maximum Gasteiger partial charge on any atom is 0.261 e. The van der Waals surface area contributed by atoms with E-state index in [9.17, 15) is 9.59 Å². The lowest BCUT2D eigenvalue weighted by atomic mass is 10.1. The summed E-state index contributed by atoms with van der Waals surface area (Å²) in [6, 6.07) is 11.7. The van der Waals surface area contributed by atoms with Gasteiger partial charge in [0.25, 0.3) is 5.91 Å². The van der Waals surface area contributed by atoms with Gasteiger partial charge in [-0.3, -0.25) is 9.59 Å². The van der Waals surface area contributed by atoms with E-state index in [-0.39, 0.29) is 11.0 Å². The molecule has 2 N–H and O–H groups in total. The minimum absolute atomic E-state index is 0.0322. The van der Waals surface area contributed by atoms with Crippen LogP contribution in [-0.4, -0.2) is 10.9 Å². The average molecular weight is 333 g/mol. The van der Waals surface area contributed by atoms with Crippen molar-refractivity contribution >= 4 is 45.7 Å². The predicted octanol–water partition coefficient (Wildman–Crippen LogP) is 4.09. The minimum atomic E-state index is -0.509. The average Bonchev–Trinajstić information content (AvgIpc) is 2.51. The molecule has 22 heavy (non-hydrogen) atoms. The van der Waals surface area contributed by atoms with Crippen LogP contribution in [0, 0.1) is 0 Å². The summed E-state index contributed by atoms with van der Waals surface area (Å²) in [5, 5.41) is 3.81. The Morgan fingerprint density at radius 2 is 1.82 bits per heavy atom. The Labute approximate surface area is 135 Å². The number of anilines is 1. The summed E-state index contributed by atoms with van der Waals surface area (Å²) in [4.78, 5) is 27.6. The van der Waals surface area contributed by atoms with E-state index in [1.54, 1.807) is 30.3 Å². The highest BCUT2D eigenvalue weighted by Crippen LogP contribution is 2.25. The Balaban J connectivity index is 1.97. The molecule has 0 aliphatic rings. The zero-order valence-electron chi connectivity index (χ0n) is 11.2. The molecule has 0 radical (unpaired) electrons. The van der Waals surface area contributed by atoms with E-state index in [1.165, 1.54) is 12.3 Å². The second-order valence-electron chi connectivity index (χ2n) is 4.66. The lowest BCUT2D eigenvalue weighted by Gasteiger charge is -2.07. The van der Waals surface area contributed by atoms with Gasteiger partial charge in [0.2, 0.25) is 5.43 Å². The lowest BCUT2D eigenvalue weighted by molar-refractivity contribution is 0.102. The van der Waals surface area contributed by atoms with Crippen LogP contribution in [0.4, 0.5) is 5.69 Å². The Kier molecular flexibility index (Phi) is 3.88. The molecule has 3 aromatic rings. The second kappa shape index (κ2) is 5.83. The van der Waals surface area contributed by atoms with Crippen LogP contribution in [0.1, 0.15) is 10.4 Å². The number of benzene rings is 2. The number of para-hydroxylation sites is 1. The van der Waals surface area contributed by atoms with Crippen LogP contribution in [-0.2, 0) is 0 Å². The minimum Gasteiger partial charge on any atom is -0.360 e. The topological polar surface area (TPSA) is 62.0 Å². The summed E-state index contributed by atoms with van der Waals surface area (Å²) >= 11 is 11.7. The van der Waals surface area contributed by atoms with Crippen LogP contribution >= 0.6 is 23.2 Å². The van der Waals surface area contributed by atoms with Crippen molar-refractivity contribution in [3.63, 3.8) is 0 Å². The highest BCUT2D eigenvalue weighted by Gasteiger charge is 2.13. The quantitative estimate of drug-likeness (QED) is 0.742. The number of carbonyl (C=O) groups is 1. The largest absolute Gasteiger partial charge is 0.360 e. The molecule has 4 nitrogen and oxygen atoms in total. The van der Waals surface area contributed by atoms with Crippen molar-refractivity contribution in [3.8, 4) is 0 Å². The molecule has 0 saturated carbocycles. The molecular weight excluding hydrogens is 323 g/mol. The molecule has 0 atom stereocenters. The number of halogens is 2. The maximum atomic E-state index is 12.4. The van der Waals surface area contributed by atoms with Crippen molar-refractivity contribution in [3.05, 3.63) is 74.5 Å². The number of nitrogens with one attached hydrogen (secondary N) is 2. The maximum absolute atomic E-state index is 12.4. The molecule has 0 aliphatic carbocycles. The van der Waals surface area contributed by atoms with E-state index in [0.29, 0.717) is 26.6 Å². The Hall–Kier alpha value is -2.30. The zero-order valence-corrected chi connectivity index (χ0v) is 12.7. The number of hydrogen-bond donors (Lipinski definition) is 2. The van der Waals surface area contributed by atoms with Gasteiger partial charge in [0.1, 0.15) is 5.56 Å². The van der Waals surface area contributed by atoms with Crippen molar-refractivity contribution in [1.82, 2.24) is 4.98 Å². The molecule has 1 aromatic heterocycles. The summed E-state index contributed by atoms with van der Waals surface area (Å²) in [6.07, 6.45) is 1.40. The van der Waals surface area contributed by atoms with Gasteiger partial charge in [0.15, 0.2) is 0 Å². The molecule has 0 aliphatic heterocycles. The van der Waals surface area contributed by atoms with Gasteiger partial charge in [0, 0.05) is 22.8 Å². The first kappa shape index (κ1) is 14.6. The van der Waals surface area contributed by atoms with Crippen molar-refractivity contribution in [2.75, 3.05) is 5.32 Å². The molecule has 0 fully saturated rings. The number of carbonyl (C=O) groups excluding carboxylic acids is 1. The van der Waals surface area contributed by atoms with Gasteiger partial charge in [-0.25, -0.2) is 0 Å². The molecule has 1 heterocycles. The third-order valence-corrected chi connectivity index (χ3v) is 3.95. The highest BCUT2D eigenvalue weighted by molar-refractivity contribution is 6.42. The zero-order chi connectivity index (χ0) is 15.7. The van der Waals surface area contributed by atoms with Gasteiger partial charge in [-0.2, -0.15) is 0 Å². The molecule has 1 amide bonds. The molecule has 2 aromatic carbocycles. The van der Waals surface area contributed by atoms with Crippen molar-refractivity contribution < 1.29 is 4.79 Å². The number of amides is 1. The summed E-state index contributed by atoms with van der Waals surface area (Å²) in [7, 11) is 0. The van der Waals surface area contributed by atoms with Gasteiger partial charge in [-0.1, -0.05) is 35.3 Å². The molecule has 0 saturated heterocycles. The van der Waals surface area contributed by atoms with Crippen molar-refractivity contribution in [1.29, 1.82) is 0 Å². The van der Waals surface area contributed by atoms with Crippen molar-refractivity contribution in [2.45, 2.75) is 0 Å². The van der Waals surface area contributed by atoms with E-state index < -0.39 is 5.91 Å². The van der Waals surface area contributed by atoms with Crippen LogP contribution in [0.15, 0.2) is 53.5 Å². The number of hydrogen-bond acceptors (Lipinski definition) is 2. The number of rotatable bonds is 2. The molecule has 3 rings (SSSR count). The number of H-pyrrole nitrogens is 1. The van der Waals surface area contributed by atoms with Crippen LogP contribution < -0.4 is 10.7 Å². The number of aromatic nitrogens is 1. The molecule has 0 unspecified atom stereocenters. The highest BCUT2D eigenvalue weighted by atomic mass is 35.5. The van der Waals surface area contributed by atoms with E-state index >= 15 is 0 Å². The van der Waals surface area contributed by atoms with Crippen LogP contribution in [0.25, 0.3) is 10.9 Å². The predicted molar refractivity (Wildman–Crippen MR) is 89.0 cm³/mol. The Morgan fingerprint density at radius 3 is 2.59 bits per heavy atom. The Bertz CT molecular complexity index is 935. The van der Waals surface area contributed by atoms with Crippen LogP contribution in [0.2, 0.25) is 10.0 Å². The first-order valence-electron chi connectivity index (χ1n) is 6.43. The third-order valence-electron chi connectivity index (χ3n) is 3.21. The van der Waals surface area contributed by atoms with Gasteiger partial charge in [0.05, 0.1) is 10.0 Å². The first-order valence-corrected chi connectivity index (χ1v) is 7.18. The number of aromatic amines is 1. The van der Waals surface area contributed by atoms with Gasteiger partial charge in [-0.15, -0.1) is 0 Å². The monoisotopic (exact) mass is 332 g/mol. The van der Waals surface area contributed by atoms with Gasteiger partial charge < -0.3 is 10.3 Å². The summed E-state index contributed by atoms with van der Waals surface area (Å²) in [5.41, 5.74) is 0.849. The molecule has 110 valence electrons. The normalized spacial score (nSPS) is 10.6. The fraction of sp³-hybridized carbons (Fsp3) is 0. The molecule has 0 bridgehead atoms.